The van der Waals surface area contributed by atoms with E-state index in [1.165, 1.54) is 19.3 Å². The zero-order valence-corrected chi connectivity index (χ0v) is 7.35. The van der Waals surface area contributed by atoms with Crippen molar-refractivity contribution in [2.24, 2.45) is 17.8 Å². The van der Waals surface area contributed by atoms with Crippen molar-refractivity contribution >= 4 is 0 Å². The Bertz CT molecular complexity index is 90.7. The highest BCUT2D eigenvalue weighted by Crippen LogP contribution is 2.32. The van der Waals surface area contributed by atoms with Crippen molar-refractivity contribution in [3.8, 4) is 0 Å². The Hall–Kier alpha value is -0.0400. The molecule has 1 nitrogen and oxygen atoms in total. The van der Waals surface area contributed by atoms with Crippen LogP contribution in [0.15, 0.2) is 0 Å². The smallest absolute Gasteiger partial charge is 0.0414 e. The van der Waals surface area contributed by atoms with Gasteiger partial charge in [0.15, 0.2) is 0 Å². The molecule has 3 atom stereocenters. The van der Waals surface area contributed by atoms with E-state index < -0.39 is 0 Å². The van der Waals surface area contributed by atoms with Crippen LogP contribution in [-0.4, -0.2) is 5.48 Å². The van der Waals surface area contributed by atoms with E-state index in [1.807, 2.05) is 0 Å². The van der Waals surface area contributed by atoms with Crippen molar-refractivity contribution < 1.29 is 5.48 Å². The Balaban J connectivity index is 0.000000810. The van der Waals surface area contributed by atoms with Crippen LogP contribution < -0.4 is 0 Å². The fourth-order valence-electron chi connectivity index (χ4n) is 1.82. The lowest BCUT2D eigenvalue weighted by Gasteiger charge is -2.29. The molecular formula is C9H20O. The standard InChI is InChI=1S/C9H18.H2O/c1-7-4-5-8(2)9(3)6-7;/h7-9H,4-6H2,1-3H3;1H2. The molecule has 62 valence electrons. The van der Waals surface area contributed by atoms with Gasteiger partial charge < -0.3 is 5.48 Å². The molecule has 0 spiro atoms. The van der Waals surface area contributed by atoms with Crippen LogP contribution in [0.5, 0.6) is 0 Å². The molecule has 0 amide bonds. The zero-order chi connectivity index (χ0) is 6.85. The zero-order valence-electron chi connectivity index (χ0n) is 7.35. The Morgan fingerprint density at radius 2 is 1.50 bits per heavy atom. The van der Waals surface area contributed by atoms with E-state index in [1.54, 1.807) is 0 Å². The van der Waals surface area contributed by atoms with Gasteiger partial charge in [0.25, 0.3) is 0 Å². The Morgan fingerprint density at radius 3 is 1.90 bits per heavy atom. The first kappa shape index (κ1) is 9.96. The molecule has 0 aromatic rings. The third kappa shape index (κ3) is 2.30. The van der Waals surface area contributed by atoms with E-state index >= 15 is 0 Å². The summed E-state index contributed by atoms with van der Waals surface area (Å²) in [5.74, 6) is 2.96. The predicted molar refractivity (Wildman–Crippen MR) is 45.0 cm³/mol. The van der Waals surface area contributed by atoms with Gasteiger partial charge in [0.05, 0.1) is 0 Å². The summed E-state index contributed by atoms with van der Waals surface area (Å²) in [6, 6.07) is 0. The van der Waals surface area contributed by atoms with Gasteiger partial charge in [0.2, 0.25) is 0 Å². The minimum atomic E-state index is 0. The average Bonchev–Trinajstić information content (AvgIpc) is 1.80. The van der Waals surface area contributed by atoms with Crippen LogP contribution in [0.3, 0.4) is 0 Å². The summed E-state index contributed by atoms with van der Waals surface area (Å²) < 4.78 is 0. The third-order valence-electron chi connectivity index (χ3n) is 2.86. The van der Waals surface area contributed by atoms with Crippen molar-refractivity contribution in [1.29, 1.82) is 0 Å². The van der Waals surface area contributed by atoms with Crippen LogP contribution in [0.1, 0.15) is 40.0 Å². The molecule has 1 rings (SSSR count). The topological polar surface area (TPSA) is 31.5 Å². The molecule has 1 saturated carbocycles. The second-order valence-corrected chi connectivity index (χ2v) is 3.87. The van der Waals surface area contributed by atoms with Crippen LogP contribution >= 0.6 is 0 Å². The van der Waals surface area contributed by atoms with Gasteiger partial charge in [-0.15, -0.1) is 0 Å². The fraction of sp³-hybridized carbons (Fsp3) is 1.00. The summed E-state index contributed by atoms with van der Waals surface area (Å²) in [7, 11) is 0. The summed E-state index contributed by atoms with van der Waals surface area (Å²) in [5.41, 5.74) is 0. The summed E-state index contributed by atoms with van der Waals surface area (Å²) in [4.78, 5) is 0. The van der Waals surface area contributed by atoms with Gasteiger partial charge >= 0.3 is 0 Å². The fourth-order valence-corrected chi connectivity index (χ4v) is 1.82. The normalized spacial score (nSPS) is 40.5. The molecule has 0 bridgehead atoms. The maximum atomic E-state index is 2.39. The van der Waals surface area contributed by atoms with Crippen LogP contribution in [-0.2, 0) is 0 Å². The van der Waals surface area contributed by atoms with Gasteiger partial charge in [0, 0.05) is 0 Å². The Morgan fingerprint density at radius 1 is 0.900 bits per heavy atom. The minimum Gasteiger partial charge on any atom is -0.412 e. The van der Waals surface area contributed by atoms with Gasteiger partial charge in [-0.05, 0) is 24.2 Å². The quantitative estimate of drug-likeness (QED) is 0.499. The first-order valence-corrected chi connectivity index (χ1v) is 4.20. The van der Waals surface area contributed by atoms with E-state index in [0.29, 0.717) is 0 Å². The molecule has 0 heterocycles. The van der Waals surface area contributed by atoms with E-state index in [9.17, 15) is 0 Å². The summed E-state index contributed by atoms with van der Waals surface area (Å²) >= 11 is 0. The average molecular weight is 144 g/mol. The van der Waals surface area contributed by atoms with E-state index in [2.05, 4.69) is 20.8 Å². The molecule has 0 aliphatic heterocycles. The molecule has 0 aromatic heterocycles. The van der Waals surface area contributed by atoms with Crippen molar-refractivity contribution in [2.75, 3.05) is 0 Å². The number of rotatable bonds is 0. The highest BCUT2D eigenvalue weighted by Gasteiger charge is 2.20. The number of hydrogen-bond acceptors (Lipinski definition) is 0. The predicted octanol–water partition coefficient (Wildman–Crippen LogP) is 2.25. The number of hydrogen-bond donors (Lipinski definition) is 0. The van der Waals surface area contributed by atoms with Gasteiger partial charge in [-0.3, -0.25) is 0 Å². The molecule has 3 unspecified atom stereocenters. The second-order valence-electron chi connectivity index (χ2n) is 3.87. The molecule has 2 N–H and O–H groups in total. The van der Waals surface area contributed by atoms with Crippen molar-refractivity contribution in [3.05, 3.63) is 0 Å². The Labute approximate surface area is 64.1 Å². The third-order valence-corrected chi connectivity index (χ3v) is 2.86. The summed E-state index contributed by atoms with van der Waals surface area (Å²) in [6.45, 7) is 7.15. The molecule has 0 saturated heterocycles. The molecule has 10 heavy (non-hydrogen) atoms. The van der Waals surface area contributed by atoms with Gasteiger partial charge in [0.1, 0.15) is 0 Å². The highest BCUT2D eigenvalue weighted by atomic mass is 16.0. The SMILES string of the molecule is CC1CCC(C)C(C)C1.O. The van der Waals surface area contributed by atoms with Crippen LogP contribution in [0, 0.1) is 17.8 Å². The molecule has 1 heteroatoms. The second kappa shape index (κ2) is 3.97. The maximum absolute atomic E-state index is 2.39. The molecule has 0 radical (unpaired) electrons. The van der Waals surface area contributed by atoms with E-state index in [-0.39, 0.29) is 5.48 Å². The van der Waals surface area contributed by atoms with Gasteiger partial charge in [-0.2, -0.15) is 0 Å². The lowest BCUT2D eigenvalue weighted by molar-refractivity contribution is 0.220. The van der Waals surface area contributed by atoms with Crippen LogP contribution in [0.25, 0.3) is 0 Å². The van der Waals surface area contributed by atoms with E-state index in [4.69, 9.17) is 0 Å². The summed E-state index contributed by atoms with van der Waals surface area (Å²) in [5, 5.41) is 0. The van der Waals surface area contributed by atoms with Crippen LogP contribution in [0.4, 0.5) is 0 Å². The molecule has 0 aromatic carbocycles. The largest absolute Gasteiger partial charge is 0.412 e. The van der Waals surface area contributed by atoms with Gasteiger partial charge in [-0.1, -0.05) is 33.6 Å². The van der Waals surface area contributed by atoms with Crippen LogP contribution in [0.2, 0.25) is 0 Å². The highest BCUT2D eigenvalue weighted by molar-refractivity contribution is 4.72. The molecule has 1 aliphatic carbocycles. The Kier molecular flexibility index (Phi) is 3.95. The molecule has 1 aliphatic rings. The van der Waals surface area contributed by atoms with E-state index in [0.717, 1.165) is 17.8 Å². The molecular weight excluding hydrogens is 124 g/mol. The lowest BCUT2D eigenvalue weighted by atomic mass is 9.77. The first-order chi connectivity index (χ1) is 4.20. The van der Waals surface area contributed by atoms with Crippen molar-refractivity contribution in [3.63, 3.8) is 0 Å². The molecule has 1 fully saturated rings. The monoisotopic (exact) mass is 144 g/mol. The minimum absolute atomic E-state index is 0. The van der Waals surface area contributed by atoms with Crippen molar-refractivity contribution in [1.82, 2.24) is 0 Å². The first-order valence-electron chi connectivity index (χ1n) is 4.20. The maximum Gasteiger partial charge on any atom is -0.0414 e. The van der Waals surface area contributed by atoms with Gasteiger partial charge in [-0.25, -0.2) is 0 Å². The van der Waals surface area contributed by atoms with Crippen molar-refractivity contribution in [2.45, 2.75) is 40.0 Å². The summed E-state index contributed by atoms with van der Waals surface area (Å²) in [6.07, 6.45) is 4.38. The lowest BCUT2D eigenvalue weighted by Crippen LogP contribution is -2.18.